The summed E-state index contributed by atoms with van der Waals surface area (Å²) in [6.45, 7) is 8.78. The summed E-state index contributed by atoms with van der Waals surface area (Å²) >= 11 is 1.47. The van der Waals surface area contributed by atoms with Crippen LogP contribution in [0.15, 0.2) is 0 Å². The van der Waals surface area contributed by atoms with Gasteiger partial charge in [0.05, 0.1) is 24.0 Å². The first kappa shape index (κ1) is 22.3. The van der Waals surface area contributed by atoms with Crippen molar-refractivity contribution in [2.45, 2.75) is 66.2 Å². The number of nitrogens with one attached hydrogen (secondary N) is 1. The Kier molecular flexibility index (Phi) is 5.92. The van der Waals surface area contributed by atoms with Crippen LogP contribution in [0.1, 0.15) is 74.2 Å². The first-order valence-electron chi connectivity index (χ1n) is 11.5. The fourth-order valence-electron chi connectivity index (χ4n) is 6.05. The number of rotatable bonds is 5. The zero-order chi connectivity index (χ0) is 22.5. The van der Waals surface area contributed by atoms with E-state index in [-0.39, 0.29) is 29.8 Å². The third-order valence-corrected chi connectivity index (χ3v) is 8.88. The van der Waals surface area contributed by atoms with E-state index in [0.717, 1.165) is 49.0 Å². The van der Waals surface area contributed by atoms with Gasteiger partial charge in [-0.2, -0.15) is 0 Å². The molecular formula is C24H33NO5S. The average molecular weight is 448 g/mol. The number of carboxylic acid groups (broad SMARTS) is 1. The van der Waals surface area contributed by atoms with Gasteiger partial charge in [0.2, 0.25) is 5.91 Å². The Labute approximate surface area is 187 Å². The topological polar surface area (TPSA) is 92.7 Å². The van der Waals surface area contributed by atoms with Gasteiger partial charge >= 0.3 is 11.9 Å². The van der Waals surface area contributed by atoms with Gasteiger partial charge in [-0.1, -0.05) is 20.8 Å². The van der Waals surface area contributed by atoms with Crippen LogP contribution < -0.4 is 5.32 Å². The summed E-state index contributed by atoms with van der Waals surface area (Å²) in [4.78, 5) is 39.1. The van der Waals surface area contributed by atoms with Crippen LogP contribution in [0.4, 0.5) is 5.00 Å². The number of aliphatic carboxylic acids is 1. The summed E-state index contributed by atoms with van der Waals surface area (Å²) in [7, 11) is 0. The molecule has 170 valence electrons. The lowest BCUT2D eigenvalue weighted by Gasteiger charge is -2.33. The third kappa shape index (κ3) is 4.01. The van der Waals surface area contributed by atoms with E-state index in [4.69, 9.17) is 4.74 Å². The van der Waals surface area contributed by atoms with E-state index in [1.807, 2.05) is 0 Å². The van der Waals surface area contributed by atoms with Crippen LogP contribution in [0.3, 0.4) is 0 Å². The minimum absolute atomic E-state index is 0.0897. The lowest BCUT2D eigenvalue weighted by atomic mass is 9.72. The summed E-state index contributed by atoms with van der Waals surface area (Å²) in [5.74, 6) is -1.94. The van der Waals surface area contributed by atoms with Crippen LogP contribution in [0, 0.1) is 35.0 Å². The van der Waals surface area contributed by atoms with Crippen LogP contribution in [-0.2, 0) is 27.2 Å². The summed E-state index contributed by atoms with van der Waals surface area (Å²) in [6.07, 6.45) is 5.29. The number of hydrogen-bond acceptors (Lipinski definition) is 5. The molecule has 0 aliphatic heterocycles. The number of esters is 1. The summed E-state index contributed by atoms with van der Waals surface area (Å²) in [5, 5.41) is 13.2. The second-order valence-electron chi connectivity index (χ2n) is 10.4. The van der Waals surface area contributed by atoms with Gasteiger partial charge in [0.1, 0.15) is 5.00 Å². The predicted octanol–water partition coefficient (Wildman–Crippen LogP) is 4.76. The number of amides is 1. The van der Waals surface area contributed by atoms with Crippen LogP contribution >= 0.6 is 11.3 Å². The number of fused-ring (bicyclic) bond motifs is 3. The van der Waals surface area contributed by atoms with E-state index in [2.05, 4.69) is 26.1 Å². The molecule has 0 unspecified atom stereocenters. The largest absolute Gasteiger partial charge is 0.481 e. The van der Waals surface area contributed by atoms with Crippen molar-refractivity contribution in [3.63, 3.8) is 0 Å². The van der Waals surface area contributed by atoms with E-state index in [9.17, 15) is 19.5 Å². The number of anilines is 1. The average Bonchev–Trinajstić information content (AvgIpc) is 3.38. The van der Waals surface area contributed by atoms with Crippen molar-refractivity contribution in [1.29, 1.82) is 0 Å². The third-order valence-electron chi connectivity index (χ3n) is 7.71. The molecule has 5 atom stereocenters. The van der Waals surface area contributed by atoms with Crippen molar-refractivity contribution in [2.24, 2.45) is 35.0 Å². The fourth-order valence-corrected chi connectivity index (χ4v) is 7.37. The van der Waals surface area contributed by atoms with Crippen molar-refractivity contribution in [3.05, 3.63) is 16.0 Å². The molecule has 0 aromatic carbocycles. The summed E-state index contributed by atoms with van der Waals surface area (Å²) in [6, 6.07) is 0. The number of carbonyl (C=O) groups excluding carboxylic acids is 2. The van der Waals surface area contributed by atoms with E-state index in [0.29, 0.717) is 16.5 Å². The lowest BCUT2D eigenvalue weighted by Crippen LogP contribution is -2.38. The quantitative estimate of drug-likeness (QED) is 0.635. The first-order valence-corrected chi connectivity index (χ1v) is 12.3. The molecule has 3 aliphatic rings. The number of carbonyl (C=O) groups is 3. The maximum atomic E-state index is 13.3. The zero-order valence-electron chi connectivity index (χ0n) is 18.8. The molecule has 3 aliphatic carbocycles. The molecule has 2 fully saturated rings. The second kappa shape index (κ2) is 8.23. The van der Waals surface area contributed by atoms with Gasteiger partial charge in [-0.15, -0.1) is 11.3 Å². The van der Waals surface area contributed by atoms with Gasteiger partial charge in [-0.25, -0.2) is 4.79 Å². The molecule has 31 heavy (non-hydrogen) atoms. The van der Waals surface area contributed by atoms with E-state index < -0.39 is 23.8 Å². The number of ether oxygens (including phenoxy) is 1. The smallest absolute Gasteiger partial charge is 0.341 e. The van der Waals surface area contributed by atoms with Crippen molar-refractivity contribution in [3.8, 4) is 0 Å². The molecule has 4 rings (SSSR count). The zero-order valence-corrected chi connectivity index (χ0v) is 19.6. The molecule has 2 bridgehead atoms. The first-order chi connectivity index (χ1) is 14.6. The maximum absolute atomic E-state index is 13.3. The monoisotopic (exact) mass is 447 g/mol. The van der Waals surface area contributed by atoms with Crippen LogP contribution in [0.2, 0.25) is 0 Å². The Balaban J connectivity index is 1.63. The molecule has 1 aromatic rings. The molecule has 1 aromatic heterocycles. The highest BCUT2D eigenvalue weighted by atomic mass is 32.1. The Morgan fingerprint density at radius 3 is 2.42 bits per heavy atom. The maximum Gasteiger partial charge on any atom is 0.341 e. The van der Waals surface area contributed by atoms with Crippen molar-refractivity contribution >= 4 is 34.2 Å². The Morgan fingerprint density at radius 2 is 1.81 bits per heavy atom. The molecule has 0 radical (unpaired) electrons. The molecule has 7 heteroatoms. The van der Waals surface area contributed by atoms with Gasteiger partial charge in [0.25, 0.3) is 0 Å². The van der Waals surface area contributed by atoms with Crippen LogP contribution in [0.5, 0.6) is 0 Å². The second-order valence-corrected chi connectivity index (χ2v) is 11.6. The molecule has 0 spiro atoms. The van der Waals surface area contributed by atoms with Gasteiger partial charge in [-0.05, 0) is 74.2 Å². The number of thiophene rings is 1. The Hall–Kier alpha value is -1.89. The van der Waals surface area contributed by atoms with Gasteiger partial charge in [-0.3, -0.25) is 9.59 Å². The SMILES string of the molecule is CCOC(=O)c1c(NC(=O)[C@@H]2[C@H]3CC[C@@H](C3)[C@H]2C(=O)O)sc2c1CC[C@@H](C(C)(C)C)C2. The molecule has 6 nitrogen and oxygen atoms in total. The van der Waals surface area contributed by atoms with E-state index >= 15 is 0 Å². The highest BCUT2D eigenvalue weighted by molar-refractivity contribution is 7.17. The fraction of sp³-hybridized carbons (Fsp3) is 0.708. The number of carboxylic acids is 1. The molecule has 2 N–H and O–H groups in total. The molecular weight excluding hydrogens is 414 g/mol. The summed E-state index contributed by atoms with van der Waals surface area (Å²) < 4.78 is 5.33. The predicted molar refractivity (Wildman–Crippen MR) is 119 cm³/mol. The minimum atomic E-state index is -0.878. The van der Waals surface area contributed by atoms with Crippen LogP contribution in [0.25, 0.3) is 0 Å². The summed E-state index contributed by atoms with van der Waals surface area (Å²) in [5.41, 5.74) is 1.66. The van der Waals surface area contributed by atoms with Crippen LogP contribution in [-0.4, -0.2) is 29.6 Å². The standard InChI is InChI=1S/C24H33NO5S/c1-5-30-23(29)19-15-9-8-14(24(2,3)4)11-16(15)31-21(19)25-20(26)17-12-6-7-13(10-12)18(17)22(27)28/h12-14,17-18H,5-11H2,1-4H3,(H,25,26)(H,27,28)/t12-,13-,14+,17+,18+/m0/s1. The Bertz CT molecular complexity index is 899. The molecule has 1 heterocycles. The van der Waals surface area contributed by atoms with Gasteiger partial charge in [0, 0.05) is 4.88 Å². The minimum Gasteiger partial charge on any atom is -0.481 e. The van der Waals surface area contributed by atoms with Crippen molar-refractivity contribution < 1.29 is 24.2 Å². The van der Waals surface area contributed by atoms with Crippen molar-refractivity contribution in [2.75, 3.05) is 11.9 Å². The molecule has 0 saturated heterocycles. The highest BCUT2D eigenvalue weighted by Gasteiger charge is 2.54. The Morgan fingerprint density at radius 1 is 1.13 bits per heavy atom. The number of hydrogen-bond donors (Lipinski definition) is 2. The normalized spacial score (nSPS) is 29.5. The molecule has 2 saturated carbocycles. The lowest BCUT2D eigenvalue weighted by molar-refractivity contribution is -0.148. The highest BCUT2D eigenvalue weighted by Crippen LogP contribution is 2.53. The van der Waals surface area contributed by atoms with Gasteiger partial charge < -0.3 is 15.2 Å². The van der Waals surface area contributed by atoms with Crippen molar-refractivity contribution in [1.82, 2.24) is 0 Å². The van der Waals surface area contributed by atoms with Gasteiger partial charge in [0.15, 0.2) is 0 Å². The van der Waals surface area contributed by atoms with E-state index in [1.54, 1.807) is 6.92 Å². The molecule has 1 amide bonds. The van der Waals surface area contributed by atoms with E-state index in [1.165, 1.54) is 11.3 Å².